The van der Waals surface area contributed by atoms with Gasteiger partial charge in [-0.15, -0.1) is 0 Å². The molecule has 3 aromatic heterocycles. The number of rotatable bonds is 3. The van der Waals surface area contributed by atoms with Crippen LogP contribution < -0.4 is 11.3 Å². The van der Waals surface area contributed by atoms with E-state index in [4.69, 9.17) is 5.73 Å². The first-order chi connectivity index (χ1) is 10.2. The lowest BCUT2D eigenvalue weighted by molar-refractivity contribution is 0.945. The van der Waals surface area contributed by atoms with E-state index in [-0.39, 0.29) is 11.4 Å². The standard InChI is InChI=1S/C14H11N5OS/c15-6-10-9(7-19-4-2-1-3-11(10)19)8-21-14-17-12(16)5-13(20)18-14/h1-5,7H,8H2,(H3,16,17,18,20). The number of aromatic nitrogens is 3. The zero-order chi connectivity index (χ0) is 14.8. The Balaban J connectivity index is 1.92. The first kappa shape index (κ1) is 13.3. The molecule has 7 heteroatoms. The number of nitrogens with two attached hydrogens (primary N) is 1. The van der Waals surface area contributed by atoms with Crippen molar-refractivity contribution in [3.63, 3.8) is 0 Å². The summed E-state index contributed by atoms with van der Waals surface area (Å²) < 4.78 is 1.91. The summed E-state index contributed by atoms with van der Waals surface area (Å²) in [6.45, 7) is 0. The Labute approximate surface area is 124 Å². The number of pyridine rings is 1. The molecule has 0 atom stereocenters. The van der Waals surface area contributed by atoms with Crippen LogP contribution >= 0.6 is 11.8 Å². The highest BCUT2D eigenvalue weighted by atomic mass is 32.2. The molecule has 0 spiro atoms. The summed E-state index contributed by atoms with van der Waals surface area (Å²) in [7, 11) is 0. The summed E-state index contributed by atoms with van der Waals surface area (Å²) in [5.41, 5.74) is 7.65. The molecule has 0 aliphatic rings. The van der Waals surface area contributed by atoms with Gasteiger partial charge in [0.1, 0.15) is 11.9 Å². The molecule has 21 heavy (non-hydrogen) atoms. The topological polar surface area (TPSA) is 100.0 Å². The lowest BCUT2D eigenvalue weighted by Gasteiger charge is -2.00. The third-order valence-corrected chi connectivity index (χ3v) is 3.90. The third-order valence-electron chi connectivity index (χ3n) is 2.98. The predicted octanol–water partition coefficient (Wildman–Crippen LogP) is 1.77. The Kier molecular flexibility index (Phi) is 3.38. The summed E-state index contributed by atoms with van der Waals surface area (Å²) >= 11 is 1.34. The van der Waals surface area contributed by atoms with Crippen molar-refractivity contribution < 1.29 is 0 Å². The molecule has 6 nitrogen and oxygen atoms in total. The van der Waals surface area contributed by atoms with E-state index in [1.54, 1.807) is 0 Å². The predicted molar refractivity (Wildman–Crippen MR) is 80.9 cm³/mol. The number of nitrogens with zero attached hydrogens (tertiary/aromatic N) is 3. The van der Waals surface area contributed by atoms with E-state index >= 15 is 0 Å². The van der Waals surface area contributed by atoms with Crippen molar-refractivity contribution >= 4 is 23.1 Å². The average molecular weight is 297 g/mol. The first-order valence-corrected chi connectivity index (χ1v) is 7.14. The zero-order valence-corrected chi connectivity index (χ0v) is 11.7. The molecule has 3 N–H and O–H groups in total. The Morgan fingerprint density at radius 3 is 3.10 bits per heavy atom. The normalized spacial score (nSPS) is 10.6. The van der Waals surface area contributed by atoms with E-state index < -0.39 is 0 Å². The van der Waals surface area contributed by atoms with E-state index in [2.05, 4.69) is 16.0 Å². The van der Waals surface area contributed by atoms with Crippen LogP contribution in [0.2, 0.25) is 0 Å². The van der Waals surface area contributed by atoms with Crippen LogP contribution in [0.1, 0.15) is 11.1 Å². The molecule has 0 aliphatic carbocycles. The summed E-state index contributed by atoms with van der Waals surface area (Å²) in [4.78, 5) is 18.0. The van der Waals surface area contributed by atoms with Crippen molar-refractivity contribution in [1.82, 2.24) is 14.4 Å². The molecular weight excluding hydrogens is 286 g/mol. The Morgan fingerprint density at radius 1 is 1.48 bits per heavy atom. The van der Waals surface area contributed by atoms with E-state index in [9.17, 15) is 10.1 Å². The van der Waals surface area contributed by atoms with Gasteiger partial charge in [-0.1, -0.05) is 17.8 Å². The smallest absolute Gasteiger partial charge is 0.253 e. The number of aromatic amines is 1. The maximum absolute atomic E-state index is 11.3. The highest BCUT2D eigenvalue weighted by Gasteiger charge is 2.11. The van der Waals surface area contributed by atoms with Crippen LogP contribution in [0, 0.1) is 11.3 Å². The van der Waals surface area contributed by atoms with Crippen molar-refractivity contribution in [2.24, 2.45) is 0 Å². The molecular formula is C14H11N5OS. The summed E-state index contributed by atoms with van der Waals surface area (Å²) in [6.07, 6.45) is 3.80. The molecule has 3 aromatic rings. The van der Waals surface area contributed by atoms with Crippen molar-refractivity contribution in [3.05, 3.63) is 58.1 Å². The number of hydrogen-bond donors (Lipinski definition) is 2. The second-order valence-electron chi connectivity index (χ2n) is 4.40. The third kappa shape index (κ3) is 2.61. The molecule has 0 radical (unpaired) electrons. The molecule has 104 valence electrons. The lowest BCUT2D eigenvalue weighted by Crippen LogP contribution is -2.09. The molecule has 0 unspecified atom stereocenters. The minimum absolute atomic E-state index is 0.184. The highest BCUT2D eigenvalue weighted by Crippen LogP contribution is 2.25. The van der Waals surface area contributed by atoms with Crippen LogP contribution in [-0.4, -0.2) is 14.4 Å². The van der Waals surface area contributed by atoms with Crippen molar-refractivity contribution in [3.8, 4) is 6.07 Å². The molecule has 0 aliphatic heterocycles. The van der Waals surface area contributed by atoms with Gasteiger partial charge in [-0.05, 0) is 17.7 Å². The number of hydrogen-bond acceptors (Lipinski definition) is 5. The fraction of sp³-hybridized carbons (Fsp3) is 0.0714. The molecule has 3 heterocycles. The summed E-state index contributed by atoms with van der Waals surface area (Å²) in [6, 6.07) is 9.15. The van der Waals surface area contributed by atoms with Crippen molar-refractivity contribution in [1.29, 1.82) is 5.26 Å². The minimum Gasteiger partial charge on any atom is -0.383 e. The number of fused-ring (bicyclic) bond motifs is 1. The van der Waals surface area contributed by atoms with Crippen molar-refractivity contribution in [2.45, 2.75) is 10.9 Å². The van der Waals surface area contributed by atoms with Gasteiger partial charge < -0.3 is 15.1 Å². The van der Waals surface area contributed by atoms with Crippen LogP contribution in [0.25, 0.3) is 5.52 Å². The van der Waals surface area contributed by atoms with E-state index in [1.807, 2.05) is 35.0 Å². The molecule has 3 rings (SSSR count). The van der Waals surface area contributed by atoms with Gasteiger partial charge >= 0.3 is 0 Å². The molecule has 0 aromatic carbocycles. The SMILES string of the molecule is N#Cc1c(CSc2nc(N)cc(=O)[nH]2)cn2ccccc12. The Hall–Kier alpha value is -2.72. The van der Waals surface area contributed by atoms with Gasteiger partial charge in [0.2, 0.25) is 0 Å². The second kappa shape index (κ2) is 5.34. The van der Waals surface area contributed by atoms with Gasteiger partial charge in [-0.3, -0.25) is 4.79 Å². The molecule has 0 saturated carbocycles. The number of thioether (sulfide) groups is 1. The van der Waals surface area contributed by atoms with Gasteiger partial charge in [0.15, 0.2) is 5.16 Å². The van der Waals surface area contributed by atoms with Crippen LogP contribution in [-0.2, 0) is 5.75 Å². The van der Waals surface area contributed by atoms with E-state index in [0.29, 0.717) is 16.5 Å². The van der Waals surface area contributed by atoms with Gasteiger partial charge in [0.05, 0.1) is 11.1 Å². The number of nitrogens with one attached hydrogen (secondary N) is 1. The van der Waals surface area contributed by atoms with Crippen LogP contribution in [0.15, 0.2) is 46.6 Å². The Morgan fingerprint density at radius 2 is 2.33 bits per heavy atom. The average Bonchev–Trinajstić information content (AvgIpc) is 2.81. The molecule has 0 amide bonds. The largest absolute Gasteiger partial charge is 0.383 e. The maximum atomic E-state index is 11.3. The van der Waals surface area contributed by atoms with Crippen LogP contribution in [0.5, 0.6) is 0 Å². The van der Waals surface area contributed by atoms with E-state index in [0.717, 1.165) is 11.1 Å². The number of nitrogen functional groups attached to an aromatic ring is 1. The summed E-state index contributed by atoms with van der Waals surface area (Å²) in [5.74, 6) is 0.709. The number of anilines is 1. The fourth-order valence-electron chi connectivity index (χ4n) is 2.08. The molecule has 0 bridgehead atoms. The second-order valence-corrected chi connectivity index (χ2v) is 5.36. The van der Waals surface area contributed by atoms with Gasteiger partial charge in [0.25, 0.3) is 5.56 Å². The van der Waals surface area contributed by atoms with Gasteiger partial charge in [0, 0.05) is 24.2 Å². The minimum atomic E-state index is -0.285. The van der Waals surface area contributed by atoms with Crippen LogP contribution in [0.4, 0.5) is 5.82 Å². The number of H-pyrrole nitrogens is 1. The van der Waals surface area contributed by atoms with Crippen LogP contribution in [0.3, 0.4) is 0 Å². The van der Waals surface area contributed by atoms with Gasteiger partial charge in [-0.25, -0.2) is 4.98 Å². The number of nitriles is 1. The van der Waals surface area contributed by atoms with Crippen molar-refractivity contribution in [2.75, 3.05) is 5.73 Å². The summed E-state index contributed by atoms with van der Waals surface area (Å²) in [5, 5.41) is 9.77. The quantitative estimate of drug-likeness (QED) is 0.567. The van der Waals surface area contributed by atoms with Gasteiger partial charge in [-0.2, -0.15) is 5.26 Å². The Bertz CT molecular complexity index is 906. The highest BCUT2D eigenvalue weighted by molar-refractivity contribution is 7.98. The van der Waals surface area contributed by atoms with E-state index in [1.165, 1.54) is 17.8 Å². The monoisotopic (exact) mass is 297 g/mol. The fourth-order valence-corrected chi connectivity index (χ4v) is 2.94. The first-order valence-electron chi connectivity index (χ1n) is 6.15. The maximum Gasteiger partial charge on any atom is 0.253 e. The molecule has 0 fully saturated rings. The lowest BCUT2D eigenvalue weighted by atomic mass is 10.2. The zero-order valence-electron chi connectivity index (χ0n) is 10.9. The molecule has 0 saturated heterocycles.